The van der Waals surface area contributed by atoms with Gasteiger partial charge in [-0.3, -0.25) is 4.79 Å². The molecule has 1 fully saturated rings. The zero-order valence-corrected chi connectivity index (χ0v) is 20.3. The van der Waals surface area contributed by atoms with E-state index in [1.165, 1.54) is 0 Å². The van der Waals surface area contributed by atoms with Crippen molar-refractivity contribution < 1.29 is 14.3 Å². The summed E-state index contributed by atoms with van der Waals surface area (Å²) in [6, 6.07) is 3.27. The standard InChI is InChI=1S/C21H31BrN6O3/c1-14(2)12-15(24-20(30)31-21(3,4)5)19(29)27-10-8-26(9-11-27)18-7-6-17-23-13-16(22)28(17)25-18/h6-7,13-15H,8-12H2,1-5H3,(H,24,30). The minimum Gasteiger partial charge on any atom is -0.444 e. The van der Waals surface area contributed by atoms with E-state index < -0.39 is 17.7 Å². The maximum atomic E-state index is 13.2. The molecule has 0 spiro atoms. The summed E-state index contributed by atoms with van der Waals surface area (Å²) in [5.74, 6) is 1.03. The molecule has 2 amide bonds. The summed E-state index contributed by atoms with van der Waals surface area (Å²) in [6.45, 7) is 11.9. The second-order valence-electron chi connectivity index (χ2n) is 9.18. The molecular formula is C21H31BrN6O3. The number of amides is 2. The molecule has 1 atom stereocenters. The molecule has 0 aromatic carbocycles. The molecule has 170 valence electrons. The predicted molar refractivity (Wildman–Crippen MR) is 122 cm³/mol. The molecule has 0 radical (unpaired) electrons. The number of rotatable bonds is 5. The number of fused-ring (bicyclic) bond motifs is 1. The lowest BCUT2D eigenvalue weighted by Crippen LogP contribution is -2.55. The van der Waals surface area contributed by atoms with Crippen molar-refractivity contribution in [3.05, 3.63) is 22.9 Å². The Morgan fingerprint density at radius 1 is 1.19 bits per heavy atom. The Bertz CT molecular complexity index is 931. The number of hydrogen-bond acceptors (Lipinski definition) is 6. The smallest absolute Gasteiger partial charge is 0.408 e. The Kier molecular flexibility index (Phi) is 7.08. The molecule has 31 heavy (non-hydrogen) atoms. The second-order valence-corrected chi connectivity index (χ2v) is 10.00. The molecule has 1 aliphatic heterocycles. The summed E-state index contributed by atoms with van der Waals surface area (Å²) in [4.78, 5) is 33.6. The van der Waals surface area contributed by atoms with Crippen LogP contribution in [-0.4, -0.2) is 69.3 Å². The molecule has 1 N–H and O–H groups in total. The van der Waals surface area contributed by atoms with E-state index in [-0.39, 0.29) is 11.8 Å². The van der Waals surface area contributed by atoms with Crippen LogP contribution >= 0.6 is 15.9 Å². The second kappa shape index (κ2) is 9.42. The largest absolute Gasteiger partial charge is 0.444 e. The number of imidazole rings is 1. The molecule has 1 saturated heterocycles. The van der Waals surface area contributed by atoms with Gasteiger partial charge in [0, 0.05) is 26.2 Å². The topological polar surface area (TPSA) is 92.1 Å². The van der Waals surface area contributed by atoms with Gasteiger partial charge in [-0.1, -0.05) is 13.8 Å². The number of alkyl carbamates (subject to hydrolysis) is 1. The van der Waals surface area contributed by atoms with Gasteiger partial charge in [0.2, 0.25) is 5.91 Å². The van der Waals surface area contributed by atoms with Crippen LogP contribution in [0.3, 0.4) is 0 Å². The predicted octanol–water partition coefficient (Wildman–Crippen LogP) is 3.08. The van der Waals surface area contributed by atoms with Crippen molar-refractivity contribution in [1.82, 2.24) is 24.8 Å². The molecule has 1 aliphatic rings. The minimum absolute atomic E-state index is 0.0695. The number of carbonyl (C=O) groups excluding carboxylic acids is 2. The van der Waals surface area contributed by atoms with Gasteiger partial charge >= 0.3 is 6.09 Å². The van der Waals surface area contributed by atoms with E-state index in [1.54, 1.807) is 31.5 Å². The number of hydrogen-bond donors (Lipinski definition) is 1. The number of aromatic nitrogens is 3. The number of anilines is 1. The average molecular weight is 495 g/mol. The first-order chi connectivity index (χ1) is 14.5. The summed E-state index contributed by atoms with van der Waals surface area (Å²) in [7, 11) is 0. The normalized spacial score (nSPS) is 16.0. The minimum atomic E-state index is -0.612. The van der Waals surface area contributed by atoms with E-state index in [0.29, 0.717) is 32.6 Å². The van der Waals surface area contributed by atoms with Crippen molar-refractivity contribution in [3.63, 3.8) is 0 Å². The number of halogens is 1. The van der Waals surface area contributed by atoms with E-state index in [2.05, 4.69) is 36.2 Å². The third-order valence-corrected chi connectivity index (χ3v) is 5.46. The van der Waals surface area contributed by atoms with Crippen LogP contribution in [0, 0.1) is 5.92 Å². The van der Waals surface area contributed by atoms with Gasteiger partial charge in [-0.05, 0) is 61.2 Å². The Hall–Kier alpha value is -2.36. The molecule has 3 heterocycles. The third kappa shape index (κ3) is 6.09. The average Bonchev–Trinajstić information content (AvgIpc) is 3.05. The maximum absolute atomic E-state index is 13.2. The van der Waals surface area contributed by atoms with Gasteiger partial charge < -0.3 is 19.9 Å². The van der Waals surface area contributed by atoms with E-state index in [9.17, 15) is 9.59 Å². The van der Waals surface area contributed by atoms with Gasteiger partial charge in [-0.15, -0.1) is 5.10 Å². The van der Waals surface area contributed by atoms with Crippen LogP contribution in [0.1, 0.15) is 41.0 Å². The Morgan fingerprint density at radius 3 is 2.48 bits per heavy atom. The number of nitrogens with zero attached hydrogens (tertiary/aromatic N) is 5. The Labute approximate surface area is 191 Å². The van der Waals surface area contributed by atoms with Gasteiger partial charge in [0.25, 0.3) is 0 Å². The quantitative estimate of drug-likeness (QED) is 0.686. The van der Waals surface area contributed by atoms with Crippen molar-refractivity contribution >= 4 is 39.4 Å². The van der Waals surface area contributed by atoms with Crippen LogP contribution in [-0.2, 0) is 9.53 Å². The van der Waals surface area contributed by atoms with E-state index in [1.807, 2.05) is 30.9 Å². The fraction of sp³-hybridized carbons (Fsp3) is 0.619. The molecule has 0 bridgehead atoms. The first-order valence-corrected chi connectivity index (χ1v) is 11.4. The van der Waals surface area contributed by atoms with Gasteiger partial charge in [-0.2, -0.15) is 0 Å². The molecular weight excluding hydrogens is 464 g/mol. The van der Waals surface area contributed by atoms with Crippen molar-refractivity contribution in [2.45, 2.75) is 52.7 Å². The van der Waals surface area contributed by atoms with E-state index in [0.717, 1.165) is 16.1 Å². The molecule has 1 unspecified atom stereocenters. The number of piperazine rings is 1. The highest BCUT2D eigenvalue weighted by Crippen LogP contribution is 2.19. The first kappa shape index (κ1) is 23.3. The van der Waals surface area contributed by atoms with E-state index >= 15 is 0 Å². The van der Waals surface area contributed by atoms with Crippen LogP contribution in [0.4, 0.5) is 10.6 Å². The molecule has 3 rings (SSSR count). The lowest BCUT2D eigenvalue weighted by Gasteiger charge is -2.37. The van der Waals surface area contributed by atoms with Crippen LogP contribution in [0.2, 0.25) is 0 Å². The highest BCUT2D eigenvalue weighted by molar-refractivity contribution is 9.10. The maximum Gasteiger partial charge on any atom is 0.408 e. The number of ether oxygens (including phenoxy) is 1. The summed E-state index contributed by atoms with van der Waals surface area (Å²) in [6.07, 6.45) is 1.72. The lowest BCUT2D eigenvalue weighted by molar-refractivity contribution is -0.134. The lowest BCUT2D eigenvalue weighted by atomic mass is 10.0. The fourth-order valence-electron chi connectivity index (χ4n) is 3.52. The SMILES string of the molecule is CC(C)CC(NC(=O)OC(C)(C)C)C(=O)N1CCN(c2ccc3ncc(Br)n3n2)CC1. The Morgan fingerprint density at radius 2 is 1.87 bits per heavy atom. The summed E-state index contributed by atoms with van der Waals surface area (Å²) in [5.41, 5.74) is 0.161. The molecule has 9 nitrogen and oxygen atoms in total. The summed E-state index contributed by atoms with van der Waals surface area (Å²) in [5, 5.41) is 7.41. The summed E-state index contributed by atoms with van der Waals surface area (Å²) >= 11 is 3.45. The van der Waals surface area contributed by atoms with E-state index in [4.69, 9.17) is 4.74 Å². The van der Waals surface area contributed by atoms with Crippen molar-refractivity contribution in [2.75, 3.05) is 31.1 Å². The van der Waals surface area contributed by atoms with Crippen LogP contribution in [0.5, 0.6) is 0 Å². The highest BCUT2D eigenvalue weighted by atomic mass is 79.9. The zero-order chi connectivity index (χ0) is 22.8. The first-order valence-electron chi connectivity index (χ1n) is 10.6. The number of nitrogens with one attached hydrogen (secondary N) is 1. The van der Waals surface area contributed by atoms with Gasteiger partial charge in [0.1, 0.15) is 22.1 Å². The van der Waals surface area contributed by atoms with Gasteiger partial charge in [0.05, 0.1) is 6.20 Å². The fourth-order valence-corrected chi connectivity index (χ4v) is 3.89. The third-order valence-electron chi connectivity index (χ3n) is 4.92. The molecule has 2 aromatic heterocycles. The van der Waals surface area contributed by atoms with Crippen LogP contribution in [0.15, 0.2) is 22.9 Å². The molecule has 0 aliphatic carbocycles. The summed E-state index contributed by atoms with van der Waals surface area (Å²) < 4.78 is 7.89. The zero-order valence-electron chi connectivity index (χ0n) is 18.8. The van der Waals surface area contributed by atoms with Gasteiger partial charge in [0.15, 0.2) is 5.65 Å². The monoisotopic (exact) mass is 494 g/mol. The van der Waals surface area contributed by atoms with Gasteiger partial charge in [-0.25, -0.2) is 14.3 Å². The number of carbonyl (C=O) groups is 2. The van der Waals surface area contributed by atoms with Crippen molar-refractivity contribution in [2.24, 2.45) is 5.92 Å². The Balaban J connectivity index is 1.63. The van der Waals surface area contributed by atoms with Crippen LogP contribution in [0.25, 0.3) is 5.65 Å². The highest BCUT2D eigenvalue weighted by Gasteiger charge is 2.31. The van der Waals surface area contributed by atoms with Crippen molar-refractivity contribution in [3.8, 4) is 0 Å². The molecule has 0 saturated carbocycles. The van der Waals surface area contributed by atoms with Crippen LogP contribution < -0.4 is 10.2 Å². The molecule has 10 heteroatoms. The molecule has 2 aromatic rings. The van der Waals surface area contributed by atoms with Crippen molar-refractivity contribution in [1.29, 1.82) is 0 Å².